The molecule has 1 aromatic rings. The van der Waals surface area contributed by atoms with Crippen LogP contribution in [0.4, 0.5) is 0 Å². The van der Waals surface area contributed by atoms with E-state index in [0.717, 1.165) is 12.8 Å². The smallest absolute Gasteiger partial charge is 0.290 e. The van der Waals surface area contributed by atoms with E-state index in [2.05, 4.69) is 22.1 Å². The van der Waals surface area contributed by atoms with Crippen LogP contribution in [-0.2, 0) is 22.5 Å². The fourth-order valence-electron chi connectivity index (χ4n) is 3.90. The van der Waals surface area contributed by atoms with Gasteiger partial charge in [0.15, 0.2) is 5.82 Å². The molecular formula is C16H27N3O5. The van der Waals surface area contributed by atoms with Crippen LogP contribution in [0.1, 0.15) is 37.4 Å². The van der Waals surface area contributed by atoms with Crippen LogP contribution in [0.3, 0.4) is 0 Å². The topological polar surface area (TPSA) is 109 Å². The highest BCUT2D eigenvalue weighted by Crippen LogP contribution is 2.45. The van der Waals surface area contributed by atoms with Crippen molar-refractivity contribution in [1.82, 2.24) is 15.0 Å². The molecule has 24 heavy (non-hydrogen) atoms. The van der Waals surface area contributed by atoms with E-state index in [-0.39, 0.29) is 12.6 Å². The van der Waals surface area contributed by atoms with E-state index in [1.54, 1.807) is 7.11 Å². The summed E-state index contributed by atoms with van der Waals surface area (Å²) in [6, 6.07) is 0.571. The maximum Gasteiger partial charge on any atom is 0.290 e. The number of nitrogens with zero attached hydrogens (tertiary/aromatic N) is 3. The highest BCUT2D eigenvalue weighted by Gasteiger charge is 2.42. The van der Waals surface area contributed by atoms with Gasteiger partial charge in [0.25, 0.3) is 6.47 Å². The summed E-state index contributed by atoms with van der Waals surface area (Å²) in [4.78, 5) is 15.1. The average Bonchev–Trinajstić information content (AvgIpc) is 3.20. The van der Waals surface area contributed by atoms with E-state index in [1.165, 1.54) is 12.8 Å². The SMILES string of the molecule is COCCc1noc(CN(C)C2C[C@H]3CC(O)C[C@H]3C2)n1.O=CO. The third kappa shape index (κ3) is 4.99. The Morgan fingerprint density at radius 2 is 1.96 bits per heavy atom. The first-order valence-corrected chi connectivity index (χ1v) is 8.33. The second kappa shape index (κ2) is 9.10. The Hall–Kier alpha value is -1.51. The zero-order chi connectivity index (χ0) is 17.5. The van der Waals surface area contributed by atoms with Gasteiger partial charge in [0, 0.05) is 19.6 Å². The third-order valence-electron chi connectivity index (χ3n) is 5.01. The van der Waals surface area contributed by atoms with Crippen LogP contribution in [0.25, 0.3) is 0 Å². The van der Waals surface area contributed by atoms with Gasteiger partial charge in [-0.3, -0.25) is 9.69 Å². The predicted molar refractivity (Wildman–Crippen MR) is 85.3 cm³/mol. The average molecular weight is 341 g/mol. The first kappa shape index (κ1) is 18.8. The van der Waals surface area contributed by atoms with Crippen LogP contribution in [-0.4, -0.2) is 64.6 Å². The number of aliphatic hydroxyl groups is 1. The van der Waals surface area contributed by atoms with Crippen molar-refractivity contribution in [3.63, 3.8) is 0 Å². The number of aliphatic hydroxyl groups excluding tert-OH is 1. The molecule has 2 aliphatic rings. The molecule has 0 spiro atoms. The number of carbonyl (C=O) groups is 1. The minimum absolute atomic E-state index is 0.0643. The largest absolute Gasteiger partial charge is 0.483 e. The number of rotatable bonds is 6. The van der Waals surface area contributed by atoms with Crippen molar-refractivity contribution < 1.29 is 24.3 Å². The molecule has 8 nitrogen and oxygen atoms in total. The highest BCUT2D eigenvalue weighted by atomic mass is 16.5. The number of carboxylic acid groups (broad SMARTS) is 1. The molecule has 2 aliphatic carbocycles. The van der Waals surface area contributed by atoms with Crippen LogP contribution >= 0.6 is 0 Å². The molecule has 0 bridgehead atoms. The van der Waals surface area contributed by atoms with Crippen molar-refractivity contribution in [2.75, 3.05) is 20.8 Å². The summed E-state index contributed by atoms with van der Waals surface area (Å²) < 4.78 is 10.3. The number of aromatic nitrogens is 2. The molecule has 0 aromatic carbocycles. The first-order chi connectivity index (χ1) is 11.6. The van der Waals surface area contributed by atoms with E-state index in [0.29, 0.717) is 49.2 Å². The van der Waals surface area contributed by atoms with E-state index in [4.69, 9.17) is 19.2 Å². The second-order valence-electron chi connectivity index (χ2n) is 6.64. The molecule has 3 rings (SSSR count). The highest BCUT2D eigenvalue weighted by molar-refractivity contribution is 5.32. The molecule has 2 unspecified atom stereocenters. The Bertz CT molecular complexity index is 496. The van der Waals surface area contributed by atoms with Gasteiger partial charge in [0.05, 0.1) is 19.3 Å². The van der Waals surface area contributed by atoms with Gasteiger partial charge in [0.2, 0.25) is 5.89 Å². The molecule has 1 heterocycles. The summed E-state index contributed by atoms with van der Waals surface area (Å²) in [5.74, 6) is 2.80. The van der Waals surface area contributed by atoms with E-state index in [9.17, 15) is 5.11 Å². The van der Waals surface area contributed by atoms with Crippen LogP contribution in [0, 0.1) is 11.8 Å². The lowest BCUT2D eigenvalue weighted by Gasteiger charge is -2.23. The van der Waals surface area contributed by atoms with Gasteiger partial charge in [-0.05, 0) is 44.6 Å². The van der Waals surface area contributed by atoms with Crippen molar-refractivity contribution in [2.24, 2.45) is 11.8 Å². The van der Waals surface area contributed by atoms with Gasteiger partial charge in [-0.2, -0.15) is 4.98 Å². The van der Waals surface area contributed by atoms with Crippen molar-refractivity contribution >= 4 is 6.47 Å². The second-order valence-corrected chi connectivity index (χ2v) is 6.64. The summed E-state index contributed by atoms with van der Waals surface area (Å²) in [5, 5.41) is 20.6. The summed E-state index contributed by atoms with van der Waals surface area (Å²) in [6.07, 6.45) is 4.96. The summed E-state index contributed by atoms with van der Waals surface area (Å²) >= 11 is 0. The van der Waals surface area contributed by atoms with E-state index < -0.39 is 0 Å². The standard InChI is InChI=1S/C15H25N3O3.CH2O2/c1-18(9-15-16-14(17-21-15)3-4-20-2)12-5-10-7-13(19)8-11(10)6-12;2-1-3/h10-13,19H,3-9H2,1-2H3;1H,(H,2,3)/t10-,11+,12?,13?;. The van der Waals surface area contributed by atoms with Crippen molar-refractivity contribution in [1.29, 1.82) is 0 Å². The molecule has 4 atom stereocenters. The lowest BCUT2D eigenvalue weighted by Crippen LogP contribution is -2.30. The lowest BCUT2D eigenvalue weighted by atomic mass is 10.0. The van der Waals surface area contributed by atoms with Gasteiger partial charge in [-0.25, -0.2) is 0 Å². The minimum Gasteiger partial charge on any atom is -0.483 e. The maximum atomic E-state index is 9.71. The van der Waals surface area contributed by atoms with Gasteiger partial charge in [-0.1, -0.05) is 5.16 Å². The fourth-order valence-corrected chi connectivity index (χ4v) is 3.90. The Balaban J connectivity index is 0.000000647. The molecule has 0 aliphatic heterocycles. The maximum absolute atomic E-state index is 9.71. The molecule has 136 valence electrons. The number of fused-ring (bicyclic) bond motifs is 1. The molecule has 0 amide bonds. The van der Waals surface area contributed by atoms with Crippen LogP contribution < -0.4 is 0 Å². The zero-order valence-electron chi connectivity index (χ0n) is 14.3. The molecule has 2 saturated carbocycles. The Morgan fingerprint density at radius 1 is 1.33 bits per heavy atom. The van der Waals surface area contributed by atoms with Crippen molar-refractivity contribution in [3.8, 4) is 0 Å². The fraction of sp³-hybridized carbons (Fsp3) is 0.812. The summed E-state index contributed by atoms with van der Waals surface area (Å²) in [6.45, 7) is 1.07. The molecule has 2 N–H and O–H groups in total. The monoisotopic (exact) mass is 341 g/mol. The van der Waals surface area contributed by atoms with Gasteiger partial charge in [-0.15, -0.1) is 0 Å². The van der Waals surface area contributed by atoms with Gasteiger partial charge >= 0.3 is 0 Å². The van der Waals surface area contributed by atoms with Gasteiger partial charge in [0.1, 0.15) is 0 Å². The van der Waals surface area contributed by atoms with Crippen LogP contribution in [0.15, 0.2) is 4.52 Å². The Kier molecular flexibility index (Phi) is 7.14. The molecule has 0 saturated heterocycles. The number of ether oxygens (including phenoxy) is 1. The number of hydrogen-bond acceptors (Lipinski definition) is 7. The third-order valence-corrected chi connectivity index (χ3v) is 5.01. The molecule has 8 heteroatoms. The number of methoxy groups -OCH3 is 1. The van der Waals surface area contributed by atoms with Crippen LogP contribution in [0.5, 0.6) is 0 Å². The van der Waals surface area contributed by atoms with Crippen molar-refractivity contribution in [2.45, 2.75) is 50.8 Å². The molecular weight excluding hydrogens is 314 g/mol. The minimum atomic E-state index is -0.250. The quantitative estimate of drug-likeness (QED) is 0.736. The molecule has 2 fully saturated rings. The van der Waals surface area contributed by atoms with E-state index >= 15 is 0 Å². The normalized spacial score (nSPS) is 28.5. The van der Waals surface area contributed by atoms with Gasteiger partial charge < -0.3 is 19.5 Å². The van der Waals surface area contributed by atoms with Crippen molar-refractivity contribution in [3.05, 3.63) is 11.7 Å². The van der Waals surface area contributed by atoms with Crippen LogP contribution in [0.2, 0.25) is 0 Å². The Morgan fingerprint density at radius 3 is 2.54 bits per heavy atom. The Labute approximate surface area is 141 Å². The predicted octanol–water partition coefficient (Wildman–Crippen LogP) is 0.941. The summed E-state index contributed by atoms with van der Waals surface area (Å²) in [7, 11) is 3.80. The zero-order valence-corrected chi connectivity index (χ0v) is 14.3. The molecule has 1 aromatic heterocycles. The number of hydrogen-bond donors (Lipinski definition) is 2. The summed E-state index contributed by atoms with van der Waals surface area (Å²) in [5.41, 5.74) is 0. The lowest BCUT2D eigenvalue weighted by molar-refractivity contribution is -0.122. The van der Waals surface area contributed by atoms with E-state index in [1.807, 2.05) is 0 Å². The molecule has 0 radical (unpaired) electrons. The first-order valence-electron chi connectivity index (χ1n) is 8.33.